The quantitative estimate of drug-likeness (QED) is 0.458. The molecule has 128 valence electrons. The molecular weight excluding hydrogens is 375 g/mol. The van der Waals surface area contributed by atoms with Crippen molar-refractivity contribution in [2.75, 3.05) is 6.61 Å². The lowest BCUT2D eigenvalue weighted by Gasteiger charge is -2.36. The first-order valence-corrected chi connectivity index (χ1v) is 11.9. The third kappa shape index (κ3) is 3.77. The van der Waals surface area contributed by atoms with Crippen LogP contribution in [0.4, 0.5) is 4.39 Å². The minimum absolute atomic E-state index is 0.140. The van der Waals surface area contributed by atoms with E-state index in [0.29, 0.717) is 16.7 Å². The second-order valence-corrected chi connectivity index (χ2v) is 13.5. The van der Waals surface area contributed by atoms with Gasteiger partial charge in [-0.3, -0.25) is 4.79 Å². The van der Waals surface area contributed by atoms with E-state index < -0.39 is 14.1 Å². The molecule has 0 N–H and O–H groups in total. The maximum atomic E-state index is 13.9. The maximum absolute atomic E-state index is 13.9. The molecule has 1 unspecified atom stereocenters. The number of carbonyl (C=O) groups excluding carboxylic acids is 1. The van der Waals surface area contributed by atoms with Gasteiger partial charge >= 0.3 is 0 Å². The van der Waals surface area contributed by atoms with Crippen LogP contribution in [0.3, 0.4) is 0 Å². The Labute approximate surface area is 148 Å². The van der Waals surface area contributed by atoms with Crippen LogP contribution in [0.1, 0.15) is 61.0 Å². The Morgan fingerprint density at radius 1 is 1.43 bits per heavy atom. The number of carbonyl (C=O) groups is 1. The fourth-order valence-electron chi connectivity index (χ4n) is 2.89. The number of aryl methyl sites for hydroxylation is 1. The van der Waals surface area contributed by atoms with Gasteiger partial charge in [0.25, 0.3) is 0 Å². The lowest BCUT2D eigenvalue weighted by molar-refractivity contribution is 0.111. The largest absolute Gasteiger partial charge is 0.417 e. The standard InChI is InChI=1S/C18H26BrFO2Si/c1-18(2,3)23(4,5)22-9-8-12-6-7-13-10-15(20)14(11-21)17(19)16(12)13/h10-12H,6-9H2,1-5H3. The van der Waals surface area contributed by atoms with E-state index in [1.54, 1.807) is 0 Å². The number of rotatable bonds is 5. The molecule has 0 saturated heterocycles. The number of halogens is 2. The van der Waals surface area contributed by atoms with Crippen LogP contribution >= 0.6 is 15.9 Å². The van der Waals surface area contributed by atoms with E-state index in [0.717, 1.165) is 37.0 Å². The van der Waals surface area contributed by atoms with Gasteiger partial charge in [0.1, 0.15) is 5.82 Å². The topological polar surface area (TPSA) is 26.3 Å². The molecule has 5 heteroatoms. The fourth-order valence-corrected chi connectivity index (χ4v) is 4.81. The second kappa shape index (κ2) is 6.77. The molecular formula is C18H26BrFO2Si. The molecule has 1 atom stereocenters. The first-order chi connectivity index (χ1) is 10.6. The van der Waals surface area contributed by atoms with E-state index >= 15 is 0 Å². The van der Waals surface area contributed by atoms with E-state index in [1.165, 1.54) is 6.07 Å². The van der Waals surface area contributed by atoms with Gasteiger partial charge in [0.05, 0.1) is 5.56 Å². The Kier molecular flexibility index (Phi) is 5.54. The highest BCUT2D eigenvalue weighted by atomic mass is 79.9. The van der Waals surface area contributed by atoms with Crippen LogP contribution in [0, 0.1) is 5.82 Å². The number of hydrogen-bond donors (Lipinski definition) is 0. The molecule has 1 aromatic carbocycles. The zero-order chi connectivity index (χ0) is 17.4. The molecule has 0 bridgehead atoms. The first kappa shape index (κ1) is 18.8. The average molecular weight is 401 g/mol. The molecule has 0 amide bonds. The van der Waals surface area contributed by atoms with Crippen molar-refractivity contribution in [1.29, 1.82) is 0 Å². The predicted molar refractivity (Wildman–Crippen MR) is 98.3 cm³/mol. The molecule has 1 aromatic rings. The van der Waals surface area contributed by atoms with Crippen molar-refractivity contribution < 1.29 is 13.6 Å². The molecule has 2 nitrogen and oxygen atoms in total. The summed E-state index contributed by atoms with van der Waals surface area (Å²) in [6.07, 6.45) is 3.38. The normalized spacial score (nSPS) is 18.1. The number of benzene rings is 1. The van der Waals surface area contributed by atoms with E-state index in [2.05, 4.69) is 49.8 Å². The highest BCUT2D eigenvalue weighted by molar-refractivity contribution is 9.10. The van der Waals surface area contributed by atoms with Gasteiger partial charge in [-0.1, -0.05) is 20.8 Å². The van der Waals surface area contributed by atoms with Crippen LogP contribution in [0.25, 0.3) is 0 Å². The third-order valence-corrected chi connectivity index (χ3v) is 10.8. The number of fused-ring (bicyclic) bond motifs is 1. The summed E-state index contributed by atoms with van der Waals surface area (Å²) in [5.41, 5.74) is 2.27. The van der Waals surface area contributed by atoms with Crippen LogP contribution in [-0.4, -0.2) is 21.2 Å². The molecule has 0 aliphatic heterocycles. The predicted octanol–water partition coefficient (Wildman–Crippen LogP) is 5.84. The Morgan fingerprint density at radius 3 is 2.65 bits per heavy atom. The molecule has 0 heterocycles. The monoisotopic (exact) mass is 400 g/mol. The first-order valence-electron chi connectivity index (χ1n) is 8.18. The summed E-state index contributed by atoms with van der Waals surface area (Å²) in [6.45, 7) is 11.9. The zero-order valence-corrected chi connectivity index (χ0v) is 17.2. The van der Waals surface area contributed by atoms with Crippen LogP contribution in [-0.2, 0) is 10.8 Å². The molecule has 0 aromatic heterocycles. The Morgan fingerprint density at radius 2 is 2.09 bits per heavy atom. The molecule has 0 radical (unpaired) electrons. The van der Waals surface area contributed by atoms with Crippen molar-refractivity contribution in [3.05, 3.63) is 33.0 Å². The van der Waals surface area contributed by atoms with Crippen molar-refractivity contribution in [2.45, 2.75) is 64.1 Å². The summed E-state index contributed by atoms with van der Waals surface area (Å²) in [6, 6.07) is 1.53. The summed E-state index contributed by atoms with van der Waals surface area (Å²) >= 11 is 3.44. The Balaban J connectivity index is 2.11. The SMILES string of the molecule is CC(C)(C)[Si](C)(C)OCCC1CCc2cc(F)c(C=O)c(Br)c21. The van der Waals surface area contributed by atoms with Gasteiger partial charge in [0, 0.05) is 11.1 Å². The molecule has 0 spiro atoms. The van der Waals surface area contributed by atoms with Crippen molar-refractivity contribution in [3.8, 4) is 0 Å². The number of hydrogen-bond acceptors (Lipinski definition) is 2. The number of aldehydes is 1. The van der Waals surface area contributed by atoms with Crippen LogP contribution in [0.2, 0.25) is 18.1 Å². The molecule has 2 rings (SSSR count). The maximum Gasteiger partial charge on any atom is 0.191 e. The van der Waals surface area contributed by atoms with E-state index in [9.17, 15) is 9.18 Å². The molecule has 0 fully saturated rings. The van der Waals surface area contributed by atoms with Crippen LogP contribution < -0.4 is 0 Å². The van der Waals surface area contributed by atoms with E-state index in [-0.39, 0.29) is 10.6 Å². The Hall–Kier alpha value is -0.523. The van der Waals surface area contributed by atoms with Gasteiger partial charge in [-0.2, -0.15) is 0 Å². The van der Waals surface area contributed by atoms with Gasteiger partial charge in [0.15, 0.2) is 14.6 Å². The van der Waals surface area contributed by atoms with Crippen molar-refractivity contribution >= 4 is 30.5 Å². The summed E-state index contributed by atoms with van der Waals surface area (Å²) in [5.74, 6) is -0.0905. The van der Waals surface area contributed by atoms with Gasteiger partial charge in [0.2, 0.25) is 0 Å². The van der Waals surface area contributed by atoms with Gasteiger partial charge < -0.3 is 4.43 Å². The van der Waals surface area contributed by atoms with Gasteiger partial charge in [-0.05, 0) is 76.4 Å². The lowest BCUT2D eigenvalue weighted by atomic mass is 9.96. The summed E-state index contributed by atoms with van der Waals surface area (Å²) in [5, 5.41) is 0.203. The Bertz CT molecular complexity index is 608. The third-order valence-electron chi connectivity index (χ3n) is 5.40. The van der Waals surface area contributed by atoms with E-state index in [1.807, 2.05) is 0 Å². The van der Waals surface area contributed by atoms with Crippen molar-refractivity contribution in [1.82, 2.24) is 0 Å². The van der Waals surface area contributed by atoms with Crippen LogP contribution in [0.15, 0.2) is 10.5 Å². The van der Waals surface area contributed by atoms with Gasteiger partial charge in [-0.15, -0.1) is 0 Å². The zero-order valence-electron chi connectivity index (χ0n) is 14.6. The molecule has 0 saturated carbocycles. The van der Waals surface area contributed by atoms with Crippen molar-refractivity contribution in [3.63, 3.8) is 0 Å². The molecule has 23 heavy (non-hydrogen) atoms. The smallest absolute Gasteiger partial charge is 0.191 e. The molecule has 1 aliphatic carbocycles. The summed E-state index contributed by atoms with van der Waals surface area (Å²) in [4.78, 5) is 11.1. The van der Waals surface area contributed by atoms with Crippen molar-refractivity contribution in [2.24, 2.45) is 0 Å². The summed E-state index contributed by atoms with van der Waals surface area (Å²) in [7, 11) is -1.74. The van der Waals surface area contributed by atoms with E-state index in [4.69, 9.17) is 4.43 Å². The lowest BCUT2D eigenvalue weighted by Crippen LogP contribution is -2.41. The van der Waals surface area contributed by atoms with Gasteiger partial charge in [-0.25, -0.2) is 4.39 Å². The highest BCUT2D eigenvalue weighted by Gasteiger charge is 2.37. The summed E-state index contributed by atoms with van der Waals surface area (Å²) < 4.78 is 20.8. The highest BCUT2D eigenvalue weighted by Crippen LogP contribution is 2.43. The molecule has 1 aliphatic rings. The minimum atomic E-state index is -1.74. The van der Waals surface area contributed by atoms with Crippen LogP contribution in [0.5, 0.6) is 0 Å². The second-order valence-electron chi connectivity index (χ2n) is 7.91. The minimum Gasteiger partial charge on any atom is -0.417 e. The average Bonchev–Trinajstić information content (AvgIpc) is 2.81. The fraction of sp³-hybridized carbons (Fsp3) is 0.611.